The molecule has 4 rings (SSSR count). The monoisotopic (exact) mass is 420 g/mol. The summed E-state index contributed by atoms with van der Waals surface area (Å²) < 4.78 is 5.11. The minimum Gasteiger partial charge on any atom is -0.362 e. The highest BCUT2D eigenvalue weighted by atomic mass is 32.1. The van der Waals surface area contributed by atoms with Gasteiger partial charge in [0.15, 0.2) is 5.11 Å². The second-order valence-corrected chi connectivity index (χ2v) is 9.33. The number of nitrogens with one attached hydrogen (secondary N) is 2. The Morgan fingerprint density at radius 1 is 0.759 bits per heavy atom. The minimum atomic E-state index is -0.498. The van der Waals surface area contributed by atoms with Crippen LogP contribution in [0.5, 0.6) is 0 Å². The van der Waals surface area contributed by atoms with Crippen LogP contribution in [0, 0.1) is 0 Å². The van der Waals surface area contributed by atoms with Crippen LogP contribution in [-0.4, -0.2) is 30.9 Å². The van der Waals surface area contributed by atoms with Crippen molar-refractivity contribution in [2.75, 3.05) is 40.5 Å². The van der Waals surface area contributed by atoms with Crippen molar-refractivity contribution < 1.29 is 0 Å². The Kier molecular flexibility index (Phi) is 6.60. The van der Waals surface area contributed by atoms with Crippen LogP contribution < -0.4 is 20.0 Å². The third-order valence-corrected chi connectivity index (χ3v) is 7.67. The molecule has 1 saturated heterocycles. The third kappa shape index (κ3) is 5.06. The summed E-state index contributed by atoms with van der Waals surface area (Å²) in [4.78, 5) is 0. The van der Waals surface area contributed by atoms with Crippen molar-refractivity contribution in [2.24, 2.45) is 0 Å². The number of hydrogen-bond acceptors (Lipinski definition) is 3. The topological polar surface area (TPSA) is 30.5 Å². The molecule has 1 heterocycles. The van der Waals surface area contributed by atoms with Gasteiger partial charge in [-0.1, -0.05) is 54.6 Å². The molecule has 0 atom stereocenters. The zero-order valence-electron chi connectivity index (χ0n) is 16.2. The molecule has 0 spiro atoms. The quantitative estimate of drug-likeness (QED) is 0.417. The highest BCUT2D eigenvalue weighted by Gasteiger charge is 2.32. The fourth-order valence-electron chi connectivity index (χ4n) is 3.48. The molecule has 1 fully saturated rings. The lowest BCUT2D eigenvalue weighted by molar-refractivity contribution is 0.980. The molecule has 148 valence electrons. The van der Waals surface area contributed by atoms with Gasteiger partial charge in [-0.25, -0.2) is 0 Å². The lowest BCUT2D eigenvalue weighted by atomic mass is 10.3. The van der Waals surface area contributed by atoms with Crippen LogP contribution >= 0.6 is 20.4 Å². The Hall–Kier alpha value is -2.62. The number of nitrogens with zero attached hydrogens (tertiary/aromatic N) is 2. The van der Waals surface area contributed by atoms with E-state index in [0.29, 0.717) is 5.11 Å². The van der Waals surface area contributed by atoms with Crippen molar-refractivity contribution in [3.63, 3.8) is 0 Å². The zero-order valence-corrected chi connectivity index (χ0v) is 17.9. The normalized spacial score (nSPS) is 14.1. The number of rotatable bonds is 6. The third-order valence-electron chi connectivity index (χ3n) is 4.82. The van der Waals surface area contributed by atoms with Crippen LogP contribution in [0.3, 0.4) is 0 Å². The molecule has 0 aromatic heterocycles. The van der Waals surface area contributed by atoms with Crippen LogP contribution in [-0.2, 0) is 0 Å². The molecule has 0 bridgehead atoms. The molecule has 0 unspecified atom stereocenters. The molecular formula is C23H25N4PS. The highest BCUT2D eigenvalue weighted by molar-refractivity contribution is 7.80. The second-order valence-electron chi connectivity index (χ2n) is 6.76. The summed E-state index contributed by atoms with van der Waals surface area (Å²) in [5.41, 5.74) is 3.59. The molecule has 0 amide bonds. The van der Waals surface area contributed by atoms with Crippen LogP contribution in [0.4, 0.5) is 17.1 Å². The fraction of sp³-hybridized carbons (Fsp3) is 0.174. The van der Waals surface area contributed by atoms with Crippen LogP contribution in [0.25, 0.3) is 0 Å². The van der Waals surface area contributed by atoms with Crippen molar-refractivity contribution in [3.05, 3.63) is 91.0 Å². The van der Waals surface area contributed by atoms with Crippen molar-refractivity contribution in [3.8, 4) is 0 Å². The minimum absolute atomic E-state index is 0.498. The Balaban J connectivity index is 1.42. The molecule has 29 heavy (non-hydrogen) atoms. The van der Waals surface area contributed by atoms with Crippen molar-refractivity contribution in [1.29, 1.82) is 0 Å². The lowest BCUT2D eigenvalue weighted by Crippen LogP contribution is -2.32. The van der Waals surface area contributed by atoms with E-state index in [0.717, 1.165) is 31.5 Å². The largest absolute Gasteiger partial charge is 0.362 e. The van der Waals surface area contributed by atoms with Gasteiger partial charge in [-0.2, -0.15) is 0 Å². The Morgan fingerprint density at radius 3 is 1.76 bits per heavy atom. The average Bonchev–Trinajstić information content (AvgIpc) is 3.19. The molecule has 1 aliphatic rings. The van der Waals surface area contributed by atoms with Gasteiger partial charge < -0.3 is 20.0 Å². The number of benzene rings is 3. The molecule has 0 radical (unpaired) electrons. The summed E-state index contributed by atoms with van der Waals surface area (Å²) >= 11 is 5.48. The van der Waals surface area contributed by atoms with E-state index in [-0.39, 0.29) is 0 Å². The summed E-state index contributed by atoms with van der Waals surface area (Å²) in [6, 6.07) is 31.5. The maximum absolute atomic E-state index is 5.48. The van der Waals surface area contributed by atoms with Gasteiger partial charge in [-0.15, -0.1) is 0 Å². The average molecular weight is 421 g/mol. The summed E-state index contributed by atoms with van der Waals surface area (Å²) in [7, 11) is -0.498. The SMILES string of the molecule is S=C(NCCP1N(c2ccccc2)CCN1c1ccccc1)Nc1ccccc1. The first-order chi connectivity index (χ1) is 14.3. The van der Waals surface area contributed by atoms with Crippen LogP contribution in [0.15, 0.2) is 91.0 Å². The van der Waals surface area contributed by atoms with E-state index >= 15 is 0 Å². The molecule has 3 aromatic rings. The summed E-state index contributed by atoms with van der Waals surface area (Å²) in [5, 5.41) is 7.31. The van der Waals surface area contributed by atoms with Gasteiger partial charge in [0.2, 0.25) is 0 Å². The van der Waals surface area contributed by atoms with Gasteiger partial charge in [-0.3, -0.25) is 0 Å². The van der Waals surface area contributed by atoms with E-state index < -0.39 is 8.22 Å². The summed E-state index contributed by atoms with van der Waals surface area (Å²) in [6.45, 7) is 2.91. The lowest BCUT2D eigenvalue weighted by Gasteiger charge is -2.32. The number of hydrogen-bond donors (Lipinski definition) is 2. The maximum atomic E-state index is 5.48. The first kappa shape index (κ1) is 19.7. The van der Waals surface area contributed by atoms with Gasteiger partial charge in [-0.05, 0) is 48.6 Å². The summed E-state index contributed by atoms with van der Waals surface area (Å²) in [6.07, 6.45) is 1.02. The molecule has 3 aromatic carbocycles. The fourth-order valence-corrected chi connectivity index (χ4v) is 6.20. The Morgan fingerprint density at radius 2 is 1.24 bits per heavy atom. The predicted molar refractivity (Wildman–Crippen MR) is 130 cm³/mol. The van der Waals surface area contributed by atoms with E-state index in [4.69, 9.17) is 12.2 Å². The van der Waals surface area contributed by atoms with Crippen molar-refractivity contribution >= 4 is 42.6 Å². The Labute approximate surface area is 179 Å². The molecule has 0 aliphatic carbocycles. The van der Waals surface area contributed by atoms with Gasteiger partial charge in [0.25, 0.3) is 0 Å². The van der Waals surface area contributed by atoms with Gasteiger partial charge in [0.05, 0.1) is 8.22 Å². The molecular weight excluding hydrogens is 395 g/mol. The predicted octanol–water partition coefficient (Wildman–Crippen LogP) is 5.31. The van der Waals surface area contributed by atoms with Gasteiger partial charge in [0.1, 0.15) is 0 Å². The van der Waals surface area contributed by atoms with Crippen molar-refractivity contribution in [2.45, 2.75) is 0 Å². The smallest absolute Gasteiger partial charge is 0.170 e. The second kappa shape index (κ2) is 9.73. The molecule has 0 saturated carbocycles. The van der Waals surface area contributed by atoms with E-state index in [1.165, 1.54) is 11.4 Å². The molecule has 6 heteroatoms. The number of anilines is 3. The van der Waals surface area contributed by atoms with E-state index in [9.17, 15) is 0 Å². The van der Waals surface area contributed by atoms with Crippen LogP contribution in [0.1, 0.15) is 0 Å². The summed E-state index contributed by atoms with van der Waals surface area (Å²) in [5.74, 6) is 0. The van der Waals surface area contributed by atoms with E-state index in [1.807, 2.05) is 30.3 Å². The molecule has 2 N–H and O–H groups in total. The molecule has 4 nitrogen and oxygen atoms in total. The number of para-hydroxylation sites is 3. The highest BCUT2D eigenvalue weighted by Crippen LogP contribution is 2.52. The van der Waals surface area contributed by atoms with E-state index in [1.54, 1.807) is 0 Å². The molecule has 1 aliphatic heterocycles. The van der Waals surface area contributed by atoms with Gasteiger partial charge in [0, 0.05) is 42.9 Å². The van der Waals surface area contributed by atoms with E-state index in [2.05, 4.69) is 80.6 Å². The maximum Gasteiger partial charge on any atom is 0.170 e. The van der Waals surface area contributed by atoms with Crippen molar-refractivity contribution in [1.82, 2.24) is 5.32 Å². The van der Waals surface area contributed by atoms with Gasteiger partial charge >= 0.3 is 0 Å². The first-order valence-corrected chi connectivity index (χ1v) is 11.7. The standard InChI is InChI=1S/C23H25N4PS/c29-23(25-20-10-4-1-5-11-20)24-16-19-28-26(21-12-6-2-7-13-21)17-18-27(28)22-14-8-3-9-15-22/h1-15H,16-19H2,(H2,24,25,29). The number of thiocarbonyl (C=S) groups is 1. The van der Waals surface area contributed by atoms with Crippen LogP contribution in [0.2, 0.25) is 0 Å². The first-order valence-electron chi connectivity index (χ1n) is 9.84. The Bertz CT molecular complexity index is 860. The zero-order chi connectivity index (χ0) is 19.9.